The van der Waals surface area contributed by atoms with Crippen LogP contribution in [0.5, 0.6) is 0 Å². The number of hydrogen-bond acceptors (Lipinski definition) is 3. The van der Waals surface area contributed by atoms with Crippen molar-refractivity contribution in [3.63, 3.8) is 0 Å². The lowest BCUT2D eigenvalue weighted by molar-refractivity contribution is 0.718. The van der Waals surface area contributed by atoms with E-state index in [9.17, 15) is 0 Å². The Morgan fingerprint density at radius 1 is 1.39 bits per heavy atom. The van der Waals surface area contributed by atoms with Crippen LogP contribution < -0.4 is 5.73 Å². The molecule has 18 heavy (non-hydrogen) atoms. The summed E-state index contributed by atoms with van der Waals surface area (Å²) >= 11 is 1.90. The molecule has 0 aliphatic heterocycles. The molecular formula is C15H18N2S. The minimum atomic E-state index is 0.0933. The van der Waals surface area contributed by atoms with Gasteiger partial charge in [0.2, 0.25) is 0 Å². The zero-order valence-corrected chi connectivity index (χ0v) is 11.5. The highest BCUT2D eigenvalue weighted by Gasteiger charge is 2.18. The van der Waals surface area contributed by atoms with Crippen LogP contribution in [0.25, 0.3) is 0 Å². The van der Waals surface area contributed by atoms with Gasteiger partial charge in [0.25, 0.3) is 0 Å². The van der Waals surface area contributed by atoms with Crippen LogP contribution in [0, 0.1) is 6.92 Å². The first-order chi connectivity index (χ1) is 8.72. The number of rotatable bonds is 3. The lowest BCUT2D eigenvalue weighted by Gasteiger charge is -2.09. The Morgan fingerprint density at radius 2 is 2.28 bits per heavy atom. The van der Waals surface area contributed by atoms with E-state index < -0.39 is 0 Å². The average Bonchev–Trinajstić information content (AvgIpc) is 2.92. The van der Waals surface area contributed by atoms with Crippen LogP contribution in [0.15, 0.2) is 24.4 Å². The monoisotopic (exact) mass is 258 g/mol. The highest BCUT2D eigenvalue weighted by atomic mass is 32.1. The number of thiophene rings is 1. The Bertz CT molecular complexity index is 521. The fraction of sp³-hybridized carbons (Fsp3) is 0.400. The van der Waals surface area contributed by atoms with Gasteiger partial charge in [-0.2, -0.15) is 0 Å². The Kier molecular flexibility index (Phi) is 3.18. The normalized spacial score (nSPS) is 15.7. The van der Waals surface area contributed by atoms with Crippen LogP contribution >= 0.6 is 11.3 Å². The second-order valence-electron chi connectivity index (χ2n) is 5.09. The van der Waals surface area contributed by atoms with Gasteiger partial charge in [-0.15, -0.1) is 11.3 Å². The first kappa shape index (κ1) is 11.9. The third kappa shape index (κ3) is 2.33. The molecule has 1 aliphatic carbocycles. The van der Waals surface area contributed by atoms with Gasteiger partial charge in [0.15, 0.2) is 0 Å². The molecule has 2 heterocycles. The molecule has 1 aliphatic rings. The zero-order chi connectivity index (χ0) is 12.5. The molecular weight excluding hydrogens is 240 g/mol. The van der Waals surface area contributed by atoms with E-state index in [0.717, 1.165) is 12.1 Å². The molecule has 0 spiro atoms. The van der Waals surface area contributed by atoms with Crippen molar-refractivity contribution >= 4 is 11.3 Å². The highest BCUT2D eigenvalue weighted by molar-refractivity contribution is 7.12. The van der Waals surface area contributed by atoms with Crippen LogP contribution in [-0.4, -0.2) is 4.98 Å². The lowest BCUT2D eigenvalue weighted by atomic mass is 10.1. The van der Waals surface area contributed by atoms with Crippen LogP contribution in [0.1, 0.15) is 39.0 Å². The number of aromatic nitrogens is 1. The molecule has 0 saturated heterocycles. The number of pyridine rings is 1. The third-order valence-electron chi connectivity index (χ3n) is 3.53. The predicted octanol–water partition coefficient (Wildman–Crippen LogP) is 3.18. The van der Waals surface area contributed by atoms with E-state index >= 15 is 0 Å². The molecule has 2 nitrogen and oxygen atoms in total. The van der Waals surface area contributed by atoms with E-state index in [4.69, 9.17) is 5.73 Å². The molecule has 3 rings (SSSR count). The largest absolute Gasteiger partial charge is 0.323 e. The molecule has 0 radical (unpaired) electrons. The third-order valence-corrected chi connectivity index (χ3v) is 4.90. The van der Waals surface area contributed by atoms with Crippen LogP contribution in [0.3, 0.4) is 0 Å². The van der Waals surface area contributed by atoms with Crippen LogP contribution in [0.2, 0.25) is 0 Å². The maximum absolute atomic E-state index is 6.30. The van der Waals surface area contributed by atoms with Gasteiger partial charge in [0.1, 0.15) is 0 Å². The van der Waals surface area contributed by atoms with Crippen LogP contribution in [0.4, 0.5) is 0 Å². The summed E-state index contributed by atoms with van der Waals surface area (Å²) in [7, 11) is 0. The van der Waals surface area contributed by atoms with E-state index in [0.29, 0.717) is 0 Å². The highest BCUT2D eigenvalue weighted by Crippen LogP contribution is 2.33. The van der Waals surface area contributed by atoms with E-state index in [1.807, 2.05) is 17.5 Å². The number of fused-ring (bicyclic) bond motifs is 1. The standard InChI is InChI=1S/C15H18N2S/c1-10-5-6-12(17-9-10)8-13(16)15-7-11-3-2-4-14(11)18-15/h5-7,9,13H,2-4,8,16H2,1H3. The summed E-state index contributed by atoms with van der Waals surface area (Å²) in [5.41, 5.74) is 10.1. The molecule has 1 atom stereocenters. The Balaban J connectivity index is 1.74. The number of nitrogens with zero attached hydrogens (tertiary/aromatic N) is 1. The summed E-state index contributed by atoms with van der Waals surface area (Å²) in [5, 5.41) is 0. The van der Waals surface area contributed by atoms with Gasteiger partial charge >= 0.3 is 0 Å². The topological polar surface area (TPSA) is 38.9 Å². The number of hydrogen-bond donors (Lipinski definition) is 1. The van der Waals surface area contributed by atoms with Crippen molar-refractivity contribution in [1.82, 2.24) is 4.98 Å². The molecule has 3 heteroatoms. The summed E-state index contributed by atoms with van der Waals surface area (Å²) in [6, 6.07) is 6.59. The Morgan fingerprint density at radius 3 is 3.00 bits per heavy atom. The molecule has 0 amide bonds. The molecule has 0 saturated carbocycles. The van der Waals surface area contributed by atoms with Gasteiger partial charge in [-0.3, -0.25) is 4.98 Å². The van der Waals surface area contributed by atoms with Crippen molar-refractivity contribution < 1.29 is 0 Å². The molecule has 2 aromatic rings. The summed E-state index contributed by atoms with van der Waals surface area (Å²) in [6.07, 6.45) is 6.54. The second kappa shape index (κ2) is 4.82. The molecule has 2 aromatic heterocycles. The molecule has 1 unspecified atom stereocenters. The maximum Gasteiger partial charge on any atom is 0.0446 e. The van der Waals surface area contributed by atoms with Crippen molar-refractivity contribution in [2.45, 2.75) is 38.6 Å². The molecule has 94 valence electrons. The van der Waals surface area contributed by atoms with Gasteiger partial charge in [-0.1, -0.05) is 6.07 Å². The summed E-state index contributed by atoms with van der Waals surface area (Å²) < 4.78 is 0. The zero-order valence-electron chi connectivity index (χ0n) is 10.6. The fourth-order valence-corrected chi connectivity index (χ4v) is 3.74. The Hall–Kier alpha value is -1.19. The number of aryl methyl sites for hydroxylation is 3. The Labute approximate surface area is 112 Å². The van der Waals surface area contributed by atoms with Gasteiger partial charge in [0, 0.05) is 34.1 Å². The van der Waals surface area contributed by atoms with E-state index in [2.05, 4.69) is 30.1 Å². The van der Waals surface area contributed by atoms with Crippen molar-refractivity contribution in [3.05, 3.63) is 51.0 Å². The van der Waals surface area contributed by atoms with Crippen LogP contribution in [-0.2, 0) is 19.3 Å². The minimum absolute atomic E-state index is 0.0933. The molecule has 0 fully saturated rings. The van der Waals surface area contributed by atoms with Crippen molar-refractivity contribution in [1.29, 1.82) is 0 Å². The maximum atomic E-state index is 6.30. The summed E-state index contributed by atoms with van der Waals surface area (Å²) in [5.74, 6) is 0. The quantitative estimate of drug-likeness (QED) is 0.918. The van der Waals surface area contributed by atoms with E-state index in [-0.39, 0.29) is 6.04 Å². The van der Waals surface area contributed by atoms with Crippen molar-refractivity contribution in [3.8, 4) is 0 Å². The smallest absolute Gasteiger partial charge is 0.0446 e. The first-order valence-electron chi connectivity index (χ1n) is 6.51. The lowest BCUT2D eigenvalue weighted by Crippen LogP contribution is -2.12. The van der Waals surface area contributed by atoms with Gasteiger partial charge in [0.05, 0.1) is 0 Å². The molecule has 0 aromatic carbocycles. The average molecular weight is 258 g/mol. The number of nitrogens with two attached hydrogens (primary N) is 1. The van der Waals surface area contributed by atoms with Gasteiger partial charge in [-0.25, -0.2) is 0 Å². The molecule has 0 bridgehead atoms. The van der Waals surface area contributed by atoms with E-state index in [1.54, 1.807) is 4.88 Å². The fourth-order valence-electron chi connectivity index (χ4n) is 2.48. The SMILES string of the molecule is Cc1ccc(CC(N)c2cc3c(s2)CCC3)nc1. The van der Waals surface area contributed by atoms with E-state index in [1.165, 1.54) is 35.3 Å². The second-order valence-corrected chi connectivity index (χ2v) is 6.26. The van der Waals surface area contributed by atoms with Crippen molar-refractivity contribution in [2.24, 2.45) is 5.73 Å². The van der Waals surface area contributed by atoms with Gasteiger partial charge < -0.3 is 5.73 Å². The summed E-state index contributed by atoms with van der Waals surface area (Å²) in [6.45, 7) is 2.06. The van der Waals surface area contributed by atoms with Crippen molar-refractivity contribution in [2.75, 3.05) is 0 Å². The minimum Gasteiger partial charge on any atom is -0.323 e. The predicted molar refractivity (Wildman–Crippen MR) is 76.0 cm³/mol. The van der Waals surface area contributed by atoms with Gasteiger partial charge in [-0.05, 0) is 49.4 Å². The first-order valence-corrected chi connectivity index (χ1v) is 7.32. The summed E-state index contributed by atoms with van der Waals surface area (Å²) in [4.78, 5) is 7.31. The molecule has 2 N–H and O–H groups in total.